The minimum absolute atomic E-state index is 0. The van der Waals surface area contributed by atoms with Gasteiger partial charge in [0.2, 0.25) is 0 Å². The van der Waals surface area contributed by atoms with Crippen molar-refractivity contribution in [1.82, 2.24) is 4.90 Å². The van der Waals surface area contributed by atoms with Crippen molar-refractivity contribution in [2.24, 2.45) is 0 Å². The van der Waals surface area contributed by atoms with Crippen LogP contribution in [0.1, 0.15) is 43.1 Å². The molecular formula is C34H35BrNO3P. The van der Waals surface area contributed by atoms with Gasteiger partial charge in [-0.2, -0.15) is 0 Å². The third-order valence-corrected chi connectivity index (χ3v) is 12.0. The van der Waals surface area contributed by atoms with Crippen molar-refractivity contribution in [1.29, 1.82) is 0 Å². The number of hydrogen-bond acceptors (Lipinski definition) is 3. The summed E-state index contributed by atoms with van der Waals surface area (Å²) in [6.45, 7) is 6.61. The summed E-state index contributed by atoms with van der Waals surface area (Å²) >= 11 is 0. The number of likely N-dealkylation sites (tertiary alicyclic amines) is 1. The predicted octanol–water partition coefficient (Wildman–Crippen LogP) is 2.74. The van der Waals surface area contributed by atoms with Gasteiger partial charge in [-0.3, -0.25) is 4.79 Å². The highest BCUT2D eigenvalue weighted by atomic mass is 79.9. The highest BCUT2D eigenvalue weighted by Gasteiger charge is 2.58. The SMILES string of the molecule is CC(C)(C)OC(=O)c1ccccc1CN1CCC([P+](c2ccccc2)(c2ccccc2)c2ccccc2)C1=O.[Br-]. The average molecular weight is 617 g/mol. The van der Waals surface area contributed by atoms with E-state index in [9.17, 15) is 9.59 Å². The number of nitrogens with zero attached hydrogens (tertiary/aromatic N) is 1. The van der Waals surface area contributed by atoms with Gasteiger partial charge in [-0.05, 0) is 68.8 Å². The number of amides is 1. The molecule has 1 aliphatic heterocycles. The zero-order chi connectivity index (χ0) is 27.5. The molecule has 0 aliphatic carbocycles. The van der Waals surface area contributed by atoms with E-state index < -0.39 is 12.9 Å². The second-order valence-electron chi connectivity index (χ2n) is 11.0. The van der Waals surface area contributed by atoms with Crippen LogP contribution in [0.5, 0.6) is 0 Å². The Hall–Kier alpha value is -3.27. The molecule has 4 aromatic rings. The molecule has 1 fully saturated rings. The molecule has 0 N–H and O–H groups in total. The molecule has 0 bridgehead atoms. The van der Waals surface area contributed by atoms with Crippen molar-refractivity contribution in [2.45, 2.75) is 45.0 Å². The van der Waals surface area contributed by atoms with Gasteiger partial charge in [-0.15, -0.1) is 0 Å². The zero-order valence-electron chi connectivity index (χ0n) is 23.2. The minimum atomic E-state index is -2.34. The van der Waals surface area contributed by atoms with Crippen LogP contribution < -0.4 is 32.9 Å². The van der Waals surface area contributed by atoms with E-state index in [1.807, 2.05) is 62.1 Å². The molecule has 1 heterocycles. The van der Waals surface area contributed by atoms with E-state index in [4.69, 9.17) is 4.74 Å². The lowest BCUT2D eigenvalue weighted by Crippen LogP contribution is -3.00. The van der Waals surface area contributed by atoms with Gasteiger partial charge in [-0.1, -0.05) is 72.8 Å². The zero-order valence-corrected chi connectivity index (χ0v) is 25.6. The minimum Gasteiger partial charge on any atom is -1.00 e. The van der Waals surface area contributed by atoms with Crippen molar-refractivity contribution in [3.63, 3.8) is 0 Å². The number of esters is 1. The maximum atomic E-state index is 14.4. The van der Waals surface area contributed by atoms with Gasteiger partial charge in [0, 0.05) is 19.5 Å². The largest absolute Gasteiger partial charge is 1.00 e. The van der Waals surface area contributed by atoms with Crippen molar-refractivity contribution < 1.29 is 31.3 Å². The first-order valence-electron chi connectivity index (χ1n) is 13.5. The third-order valence-electron chi connectivity index (χ3n) is 7.22. The number of ether oxygens (including phenoxy) is 1. The first-order valence-corrected chi connectivity index (χ1v) is 15.3. The van der Waals surface area contributed by atoms with Gasteiger partial charge in [-0.25, -0.2) is 4.79 Å². The summed E-state index contributed by atoms with van der Waals surface area (Å²) < 4.78 is 5.67. The summed E-state index contributed by atoms with van der Waals surface area (Å²) in [5.41, 5.74) is 0.533. The maximum Gasteiger partial charge on any atom is 0.338 e. The Kier molecular flexibility index (Phi) is 9.28. The number of carbonyl (C=O) groups is 2. The van der Waals surface area contributed by atoms with Gasteiger partial charge in [0.1, 0.15) is 28.8 Å². The molecule has 4 aromatic carbocycles. The summed E-state index contributed by atoms with van der Waals surface area (Å²) in [6.07, 6.45) is 0.750. The van der Waals surface area contributed by atoms with E-state index >= 15 is 0 Å². The standard InChI is InChI=1S/C34H35NO3P.BrH/c1-34(2,3)38-33(37)30-22-14-13-15-26(30)25-35-24-23-31(32(35)36)39(27-16-7-4-8-17-27,28-18-9-5-10-19-28)29-20-11-6-12-21-29;/h4-22,31H,23-25H2,1-3H3;1H/q+1;/p-1. The lowest BCUT2D eigenvalue weighted by Gasteiger charge is -2.32. The summed E-state index contributed by atoms with van der Waals surface area (Å²) in [7, 11) is -2.34. The van der Waals surface area contributed by atoms with E-state index in [0.717, 1.165) is 12.0 Å². The van der Waals surface area contributed by atoms with Crippen molar-refractivity contribution in [3.8, 4) is 0 Å². The van der Waals surface area contributed by atoms with Gasteiger partial charge >= 0.3 is 5.97 Å². The Morgan fingerprint density at radius 3 is 1.70 bits per heavy atom. The fourth-order valence-corrected chi connectivity index (χ4v) is 10.5. The topological polar surface area (TPSA) is 46.6 Å². The van der Waals surface area contributed by atoms with Crippen molar-refractivity contribution in [2.75, 3.05) is 6.54 Å². The van der Waals surface area contributed by atoms with Crippen molar-refractivity contribution >= 4 is 35.1 Å². The number of halogens is 1. The first-order chi connectivity index (χ1) is 18.8. The predicted molar refractivity (Wildman–Crippen MR) is 161 cm³/mol. The molecule has 206 valence electrons. The Balaban J connectivity index is 0.00000370. The van der Waals surface area contributed by atoms with Gasteiger partial charge in [0.05, 0.1) is 5.56 Å². The Morgan fingerprint density at radius 2 is 1.23 bits per heavy atom. The summed E-state index contributed by atoms with van der Waals surface area (Å²) in [5.74, 6) is -0.222. The lowest BCUT2D eigenvalue weighted by molar-refractivity contribution is -0.127. The molecule has 4 nitrogen and oxygen atoms in total. The molecule has 1 aliphatic rings. The normalized spacial score (nSPS) is 15.4. The highest BCUT2D eigenvalue weighted by Crippen LogP contribution is 2.62. The van der Waals surface area contributed by atoms with Crippen LogP contribution in [0, 0.1) is 0 Å². The molecule has 0 aromatic heterocycles. The molecule has 5 rings (SSSR count). The van der Waals surface area contributed by atoms with E-state index in [1.54, 1.807) is 6.07 Å². The van der Waals surface area contributed by atoms with Crippen LogP contribution in [-0.4, -0.2) is 34.6 Å². The summed E-state index contributed by atoms with van der Waals surface area (Å²) in [5, 5.41) is 3.62. The van der Waals surface area contributed by atoms with E-state index in [-0.39, 0.29) is 34.5 Å². The van der Waals surface area contributed by atoms with Crippen LogP contribution in [-0.2, 0) is 16.1 Å². The third kappa shape index (κ3) is 5.92. The van der Waals surface area contributed by atoms with Gasteiger partial charge in [0.25, 0.3) is 5.91 Å². The Bertz CT molecular complexity index is 1340. The molecular weight excluding hydrogens is 581 g/mol. The molecule has 1 atom stereocenters. The van der Waals surface area contributed by atoms with Crippen LogP contribution >= 0.6 is 7.26 Å². The monoisotopic (exact) mass is 615 g/mol. The average Bonchev–Trinajstić information content (AvgIpc) is 3.30. The molecule has 40 heavy (non-hydrogen) atoms. The highest BCUT2D eigenvalue weighted by molar-refractivity contribution is 7.96. The van der Waals surface area contributed by atoms with Gasteiger partial charge < -0.3 is 26.6 Å². The molecule has 0 radical (unpaired) electrons. The van der Waals surface area contributed by atoms with Crippen LogP contribution in [0.4, 0.5) is 0 Å². The summed E-state index contributed by atoms with van der Waals surface area (Å²) in [6, 6.07) is 39.1. The molecule has 6 heteroatoms. The smallest absolute Gasteiger partial charge is 0.338 e. The molecule has 0 saturated carbocycles. The van der Waals surface area contributed by atoms with E-state index in [2.05, 4.69) is 72.8 Å². The second kappa shape index (κ2) is 12.5. The quantitative estimate of drug-likeness (QED) is 0.237. The first kappa shape index (κ1) is 29.7. The maximum absolute atomic E-state index is 14.4. The number of rotatable bonds is 7. The Labute approximate surface area is 248 Å². The molecule has 1 amide bonds. The Morgan fingerprint density at radius 1 is 0.775 bits per heavy atom. The van der Waals surface area contributed by atoms with Crippen LogP contribution in [0.15, 0.2) is 115 Å². The second-order valence-corrected chi connectivity index (χ2v) is 14.6. The molecule has 0 spiro atoms. The lowest BCUT2D eigenvalue weighted by atomic mass is 10.1. The van der Waals surface area contributed by atoms with E-state index in [1.165, 1.54) is 15.9 Å². The van der Waals surface area contributed by atoms with Crippen LogP contribution in [0.25, 0.3) is 0 Å². The fraction of sp³-hybridized carbons (Fsp3) is 0.235. The van der Waals surface area contributed by atoms with Crippen LogP contribution in [0.3, 0.4) is 0 Å². The molecule has 1 saturated heterocycles. The van der Waals surface area contributed by atoms with E-state index in [0.29, 0.717) is 18.7 Å². The van der Waals surface area contributed by atoms with Gasteiger partial charge in [0.15, 0.2) is 5.66 Å². The van der Waals surface area contributed by atoms with Crippen LogP contribution in [0.2, 0.25) is 0 Å². The fourth-order valence-electron chi connectivity index (χ4n) is 5.61. The molecule has 1 unspecified atom stereocenters. The van der Waals surface area contributed by atoms with Crippen molar-refractivity contribution in [3.05, 3.63) is 126 Å². The number of hydrogen-bond donors (Lipinski definition) is 0. The summed E-state index contributed by atoms with van der Waals surface area (Å²) in [4.78, 5) is 29.3. The number of benzene rings is 4. The number of carbonyl (C=O) groups excluding carboxylic acids is 2.